The number of nitrogens with zero attached hydrogens (tertiary/aromatic N) is 1. The van der Waals surface area contributed by atoms with Gasteiger partial charge in [-0.15, -0.1) is 0 Å². The summed E-state index contributed by atoms with van der Waals surface area (Å²) in [6.45, 7) is 1.46. The second kappa shape index (κ2) is 10.9. The molecule has 1 heterocycles. The van der Waals surface area contributed by atoms with E-state index < -0.39 is 12.2 Å². The van der Waals surface area contributed by atoms with Crippen molar-refractivity contribution in [3.63, 3.8) is 0 Å². The standard InChI is InChI=1S/C26H28N2O6/c27-25(29)33-14-13-32-22-9-7-20(8-10-22)23-11-12-28(26(30)31)16-24(23)34-17-18-5-6-19-3-1-2-4-21(19)15-18/h1-10,15,23-24H,11-14,16-17H2,(H2,27,29)(H,30,31). The van der Waals surface area contributed by atoms with Gasteiger partial charge in [0, 0.05) is 12.5 Å². The van der Waals surface area contributed by atoms with E-state index >= 15 is 0 Å². The molecule has 2 amide bonds. The van der Waals surface area contributed by atoms with Crippen molar-refractivity contribution in [1.82, 2.24) is 4.90 Å². The fraction of sp³-hybridized carbons (Fsp3) is 0.308. The summed E-state index contributed by atoms with van der Waals surface area (Å²) in [4.78, 5) is 23.6. The van der Waals surface area contributed by atoms with Crippen molar-refractivity contribution in [3.05, 3.63) is 77.9 Å². The molecular formula is C26H28N2O6. The van der Waals surface area contributed by atoms with E-state index in [-0.39, 0.29) is 25.2 Å². The Balaban J connectivity index is 1.43. The molecule has 3 N–H and O–H groups in total. The molecule has 178 valence electrons. The zero-order valence-corrected chi connectivity index (χ0v) is 18.8. The molecule has 34 heavy (non-hydrogen) atoms. The van der Waals surface area contributed by atoms with Gasteiger partial charge in [0.25, 0.3) is 0 Å². The Bertz CT molecular complexity index is 1130. The fourth-order valence-corrected chi connectivity index (χ4v) is 4.29. The number of hydrogen-bond donors (Lipinski definition) is 2. The number of amides is 2. The molecule has 1 fully saturated rings. The Labute approximate surface area is 197 Å². The van der Waals surface area contributed by atoms with Gasteiger partial charge < -0.3 is 30.0 Å². The normalized spacial score (nSPS) is 17.9. The highest BCUT2D eigenvalue weighted by molar-refractivity contribution is 5.82. The summed E-state index contributed by atoms with van der Waals surface area (Å²) in [5.41, 5.74) is 7.05. The topological polar surface area (TPSA) is 111 Å². The second-order valence-corrected chi connectivity index (χ2v) is 8.24. The number of rotatable bonds is 8. The van der Waals surface area contributed by atoms with Crippen molar-refractivity contribution in [2.24, 2.45) is 5.73 Å². The fourth-order valence-electron chi connectivity index (χ4n) is 4.29. The first-order valence-corrected chi connectivity index (χ1v) is 11.2. The SMILES string of the molecule is NC(=O)OCCOc1ccc(C2CCN(C(=O)O)CC2OCc2ccc3ccccc3c2)cc1. The van der Waals surface area contributed by atoms with Crippen LogP contribution in [0.5, 0.6) is 5.75 Å². The maximum absolute atomic E-state index is 11.6. The lowest BCUT2D eigenvalue weighted by atomic mass is 9.87. The highest BCUT2D eigenvalue weighted by Crippen LogP contribution is 2.32. The Hall–Kier alpha value is -3.78. The highest BCUT2D eigenvalue weighted by Gasteiger charge is 2.33. The molecule has 4 rings (SSSR count). The number of benzene rings is 3. The van der Waals surface area contributed by atoms with E-state index in [0.29, 0.717) is 31.9 Å². The zero-order chi connectivity index (χ0) is 23.9. The van der Waals surface area contributed by atoms with Crippen LogP contribution in [0.2, 0.25) is 0 Å². The summed E-state index contributed by atoms with van der Waals surface area (Å²) >= 11 is 0. The number of ether oxygens (including phenoxy) is 3. The third-order valence-electron chi connectivity index (χ3n) is 6.01. The summed E-state index contributed by atoms with van der Waals surface area (Å²) in [6.07, 6.45) is -1.37. The molecule has 1 aliphatic rings. The summed E-state index contributed by atoms with van der Waals surface area (Å²) in [5, 5.41) is 11.8. The Morgan fingerprint density at radius 1 is 1.00 bits per heavy atom. The van der Waals surface area contributed by atoms with Gasteiger partial charge in [-0.1, -0.05) is 48.5 Å². The molecule has 8 nitrogen and oxygen atoms in total. The summed E-state index contributed by atoms with van der Waals surface area (Å²) in [7, 11) is 0. The number of piperidine rings is 1. The number of carbonyl (C=O) groups is 2. The minimum absolute atomic E-state index is 0.0586. The Morgan fingerprint density at radius 3 is 2.50 bits per heavy atom. The molecule has 2 atom stereocenters. The van der Waals surface area contributed by atoms with Crippen molar-refractivity contribution in [1.29, 1.82) is 0 Å². The lowest BCUT2D eigenvalue weighted by Gasteiger charge is -2.37. The average Bonchev–Trinajstić information content (AvgIpc) is 2.85. The molecule has 1 aliphatic heterocycles. The van der Waals surface area contributed by atoms with Gasteiger partial charge in [0.05, 0.1) is 19.3 Å². The van der Waals surface area contributed by atoms with E-state index in [1.165, 1.54) is 10.3 Å². The predicted octanol–water partition coefficient (Wildman–Crippen LogP) is 4.37. The number of carboxylic acid groups (broad SMARTS) is 1. The highest BCUT2D eigenvalue weighted by atomic mass is 16.6. The van der Waals surface area contributed by atoms with E-state index in [4.69, 9.17) is 15.2 Å². The van der Waals surface area contributed by atoms with Crippen LogP contribution in [0, 0.1) is 0 Å². The van der Waals surface area contributed by atoms with Crippen LogP contribution in [0.3, 0.4) is 0 Å². The van der Waals surface area contributed by atoms with Crippen molar-refractivity contribution in [2.45, 2.75) is 25.0 Å². The molecule has 0 radical (unpaired) electrons. The van der Waals surface area contributed by atoms with Crippen LogP contribution in [0.15, 0.2) is 66.7 Å². The molecule has 0 saturated carbocycles. The van der Waals surface area contributed by atoms with Crippen LogP contribution in [0.1, 0.15) is 23.5 Å². The van der Waals surface area contributed by atoms with E-state index in [9.17, 15) is 14.7 Å². The molecule has 0 aliphatic carbocycles. The first-order valence-electron chi connectivity index (χ1n) is 11.2. The van der Waals surface area contributed by atoms with Gasteiger partial charge in [-0.05, 0) is 46.5 Å². The maximum Gasteiger partial charge on any atom is 0.407 e. The first kappa shape index (κ1) is 23.4. The van der Waals surface area contributed by atoms with Crippen LogP contribution < -0.4 is 10.5 Å². The number of likely N-dealkylation sites (tertiary alicyclic amines) is 1. The van der Waals surface area contributed by atoms with Crippen LogP contribution in [0.4, 0.5) is 9.59 Å². The van der Waals surface area contributed by atoms with Gasteiger partial charge in [-0.2, -0.15) is 0 Å². The monoisotopic (exact) mass is 464 g/mol. The van der Waals surface area contributed by atoms with E-state index in [0.717, 1.165) is 16.5 Å². The number of nitrogens with two attached hydrogens (primary N) is 1. The number of hydrogen-bond acceptors (Lipinski definition) is 5. The second-order valence-electron chi connectivity index (χ2n) is 8.24. The van der Waals surface area contributed by atoms with E-state index in [1.54, 1.807) is 0 Å². The third kappa shape index (κ3) is 5.96. The van der Waals surface area contributed by atoms with Crippen LogP contribution in [-0.4, -0.2) is 54.6 Å². The van der Waals surface area contributed by atoms with Crippen LogP contribution in [-0.2, 0) is 16.1 Å². The van der Waals surface area contributed by atoms with Gasteiger partial charge in [0.1, 0.15) is 19.0 Å². The predicted molar refractivity (Wildman–Crippen MR) is 127 cm³/mol. The lowest BCUT2D eigenvalue weighted by molar-refractivity contribution is -0.0199. The minimum atomic E-state index is -0.931. The largest absolute Gasteiger partial charge is 0.490 e. The number of primary amides is 1. The van der Waals surface area contributed by atoms with Gasteiger partial charge in [-0.3, -0.25) is 0 Å². The van der Waals surface area contributed by atoms with E-state index in [2.05, 4.69) is 29.0 Å². The number of fused-ring (bicyclic) bond motifs is 1. The number of carbonyl (C=O) groups excluding carboxylic acids is 1. The van der Waals surface area contributed by atoms with Gasteiger partial charge in [0.2, 0.25) is 0 Å². The maximum atomic E-state index is 11.6. The Morgan fingerprint density at radius 2 is 1.76 bits per heavy atom. The van der Waals surface area contributed by atoms with Crippen molar-refractivity contribution in [3.8, 4) is 5.75 Å². The first-order chi connectivity index (χ1) is 16.5. The van der Waals surface area contributed by atoms with Crippen LogP contribution in [0.25, 0.3) is 10.8 Å². The molecule has 0 bridgehead atoms. The summed E-state index contributed by atoms with van der Waals surface area (Å²) in [6, 6.07) is 22.0. The smallest absolute Gasteiger partial charge is 0.407 e. The molecule has 2 unspecified atom stereocenters. The zero-order valence-electron chi connectivity index (χ0n) is 18.8. The van der Waals surface area contributed by atoms with Gasteiger partial charge in [-0.25, -0.2) is 9.59 Å². The summed E-state index contributed by atoms with van der Waals surface area (Å²) in [5.74, 6) is 0.705. The molecule has 1 saturated heterocycles. The van der Waals surface area contributed by atoms with Crippen molar-refractivity contribution >= 4 is 23.0 Å². The van der Waals surface area contributed by atoms with Gasteiger partial charge >= 0.3 is 12.2 Å². The average molecular weight is 465 g/mol. The van der Waals surface area contributed by atoms with Crippen LogP contribution >= 0.6 is 0 Å². The van der Waals surface area contributed by atoms with E-state index in [1.807, 2.05) is 42.5 Å². The molecule has 0 aromatic heterocycles. The molecule has 0 spiro atoms. The summed E-state index contributed by atoms with van der Waals surface area (Å²) < 4.78 is 16.5. The molecule has 8 heteroatoms. The van der Waals surface area contributed by atoms with Crippen molar-refractivity contribution in [2.75, 3.05) is 26.3 Å². The Kier molecular flexibility index (Phi) is 7.49. The quantitative estimate of drug-likeness (QED) is 0.479. The molecule has 3 aromatic carbocycles. The third-order valence-corrected chi connectivity index (χ3v) is 6.01. The lowest BCUT2D eigenvalue weighted by Crippen LogP contribution is -2.46. The van der Waals surface area contributed by atoms with Crippen molar-refractivity contribution < 1.29 is 28.9 Å². The molecular weight excluding hydrogens is 436 g/mol. The van der Waals surface area contributed by atoms with Gasteiger partial charge in [0.15, 0.2) is 0 Å². The molecule has 3 aromatic rings. The minimum Gasteiger partial charge on any atom is -0.490 e.